The predicted molar refractivity (Wildman–Crippen MR) is 73.7 cm³/mol. The van der Waals surface area contributed by atoms with Gasteiger partial charge in [0.1, 0.15) is 0 Å². The molecule has 1 aromatic rings. The Hall–Kier alpha value is -1.66. The van der Waals surface area contributed by atoms with Crippen molar-refractivity contribution in [1.29, 1.82) is 0 Å². The summed E-state index contributed by atoms with van der Waals surface area (Å²) >= 11 is 6.04. The van der Waals surface area contributed by atoms with Crippen LogP contribution in [-0.2, 0) is 11.3 Å². The second-order valence-corrected chi connectivity index (χ2v) is 5.52. The molecule has 0 spiro atoms. The zero-order chi connectivity index (χ0) is 14.9. The highest BCUT2D eigenvalue weighted by Gasteiger charge is 2.35. The lowest BCUT2D eigenvalue weighted by molar-refractivity contribution is -0.385. The van der Waals surface area contributed by atoms with Crippen molar-refractivity contribution in [1.82, 2.24) is 4.90 Å². The highest BCUT2D eigenvalue weighted by atomic mass is 35.5. The Balaban J connectivity index is 2.20. The molecule has 0 aliphatic carbocycles. The molecule has 7 heteroatoms. The molecule has 108 valence electrons. The van der Waals surface area contributed by atoms with Crippen molar-refractivity contribution >= 4 is 23.3 Å². The smallest absolute Gasteiger partial charge is 0.308 e. The Bertz CT molecular complexity index is 549. The summed E-state index contributed by atoms with van der Waals surface area (Å²) in [4.78, 5) is 23.5. The highest BCUT2D eigenvalue weighted by molar-refractivity contribution is 6.31. The van der Waals surface area contributed by atoms with Gasteiger partial charge < -0.3 is 5.11 Å². The van der Waals surface area contributed by atoms with Gasteiger partial charge in [0.2, 0.25) is 0 Å². The molecule has 1 aliphatic rings. The molecule has 0 radical (unpaired) electrons. The van der Waals surface area contributed by atoms with Crippen LogP contribution >= 0.6 is 11.6 Å². The molecule has 1 aliphatic heterocycles. The Morgan fingerprint density at radius 1 is 1.55 bits per heavy atom. The maximum absolute atomic E-state index is 11.1. The SMILES string of the molecule is CC1CN(Cc2c(Cl)cccc2[N+](=O)[O-])CC1C(=O)O. The molecular formula is C13H15ClN2O4. The first-order valence-corrected chi connectivity index (χ1v) is 6.65. The van der Waals surface area contributed by atoms with E-state index < -0.39 is 16.8 Å². The van der Waals surface area contributed by atoms with E-state index in [4.69, 9.17) is 16.7 Å². The number of nitrogens with zero attached hydrogens (tertiary/aromatic N) is 2. The van der Waals surface area contributed by atoms with E-state index in [1.54, 1.807) is 6.07 Å². The first-order chi connectivity index (χ1) is 9.40. The molecule has 0 amide bonds. The van der Waals surface area contributed by atoms with E-state index in [9.17, 15) is 14.9 Å². The van der Waals surface area contributed by atoms with Crippen molar-refractivity contribution in [2.24, 2.45) is 11.8 Å². The monoisotopic (exact) mass is 298 g/mol. The number of hydrogen-bond donors (Lipinski definition) is 1. The summed E-state index contributed by atoms with van der Waals surface area (Å²) in [6, 6.07) is 4.56. The number of benzene rings is 1. The normalized spacial score (nSPS) is 22.9. The van der Waals surface area contributed by atoms with Gasteiger partial charge in [-0.05, 0) is 12.0 Å². The number of carboxylic acid groups (broad SMARTS) is 1. The number of likely N-dealkylation sites (tertiary alicyclic amines) is 1. The fourth-order valence-corrected chi connectivity index (χ4v) is 2.85. The van der Waals surface area contributed by atoms with E-state index in [2.05, 4.69) is 0 Å². The third-order valence-electron chi connectivity index (χ3n) is 3.68. The van der Waals surface area contributed by atoms with Crippen LogP contribution in [-0.4, -0.2) is 34.0 Å². The number of nitro benzene ring substituents is 1. The molecule has 6 nitrogen and oxygen atoms in total. The van der Waals surface area contributed by atoms with Gasteiger partial charge in [-0.1, -0.05) is 24.6 Å². The van der Waals surface area contributed by atoms with E-state index in [0.717, 1.165) is 0 Å². The van der Waals surface area contributed by atoms with Gasteiger partial charge in [0.05, 0.1) is 21.4 Å². The number of carboxylic acids is 1. The van der Waals surface area contributed by atoms with Crippen LogP contribution in [0.3, 0.4) is 0 Å². The number of hydrogen-bond acceptors (Lipinski definition) is 4. The van der Waals surface area contributed by atoms with Gasteiger partial charge in [0, 0.05) is 25.7 Å². The summed E-state index contributed by atoms with van der Waals surface area (Å²) in [7, 11) is 0. The Labute approximate surface area is 121 Å². The molecular weight excluding hydrogens is 284 g/mol. The number of carbonyl (C=O) groups is 1. The van der Waals surface area contributed by atoms with Gasteiger partial charge in [-0.3, -0.25) is 19.8 Å². The Morgan fingerprint density at radius 2 is 2.25 bits per heavy atom. The third-order valence-corrected chi connectivity index (χ3v) is 4.03. The molecule has 0 saturated carbocycles. The first-order valence-electron chi connectivity index (χ1n) is 6.27. The molecule has 1 aromatic carbocycles. The summed E-state index contributed by atoms with van der Waals surface area (Å²) in [5.41, 5.74) is 0.418. The second-order valence-electron chi connectivity index (χ2n) is 5.11. The predicted octanol–water partition coefficient (Wildman–Crippen LogP) is 2.40. The molecule has 1 N–H and O–H groups in total. The maximum atomic E-state index is 11.1. The van der Waals surface area contributed by atoms with Crippen LogP contribution in [0.1, 0.15) is 12.5 Å². The highest BCUT2D eigenvalue weighted by Crippen LogP contribution is 2.31. The average Bonchev–Trinajstić information content (AvgIpc) is 2.72. The first kappa shape index (κ1) is 14.7. The van der Waals surface area contributed by atoms with Gasteiger partial charge in [-0.25, -0.2) is 0 Å². The van der Waals surface area contributed by atoms with Gasteiger partial charge in [0.15, 0.2) is 0 Å². The minimum Gasteiger partial charge on any atom is -0.481 e. The molecule has 2 unspecified atom stereocenters. The minimum atomic E-state index is -0.825. The standard InChI is InChI=1S/C13H15ClN2O4/c1-8-5-15(6-9(8)13(17)18)7-10-11(14)3-2-4-12(10)16(19)20/h2-4,8-9H,5-7H2,1H3,(H,17,18). The zero-order valence-electron chi connectivity index (χ0n) is 11.0. The van der Waals surface area contributed by atoms with Crippen molar-refractivity contribution in [2.75, 3.05) is 13.1 Å². The molecule has 0 aromatic heterocycles. The quantitative estimate of drug-likeness (QED) is 0.681. The van der Waals surface area contributed by atoms with Crippen molar-refractivity contribution in [3.05, 3.63) is 38.9 Å². The van der Waals surface area contributed by atoms with E-state index >= 15 is 0 Å². The van der Waals surface area contributed by atoms with Gasteiger partial charge in [0.25, 0.3) is 5.69 Å². The van der Waals surface area contributed by atoms with Crippen molar-refractivity contribution in [2.45, 2.75) is 13.5 Å². The van der Waals surface area contributed by atoms with Crippen LogP contribution in [0.15, 0.2) is 18.2 Å². The number of nitro groups is 1. The van der Waals surface area contributed by atoms with Gasteiger partial charge in [-0.2, -0.15) is 0 Å². The molecule has 2 atom stereocenters. The lowest BCUT2D eigenvalue weighted by atomic mass is 9.99. The van der Waals surface area contributed by atoms with Crippen molar-refractivity contribution in [3.63, 3.8) is 0 Å². The Morgan fingerprint density at radius 3 is 2.80 bits per heavy atom. The maximum Gasteiger partial charge on any atom is 0.308 e. The van der Waals surface area contributed by atoms with E-state index in [1.807, 2.05) is 11.8 Å². The summed E-state index contributed by atoms with van der Waals surface area (Å²) < 4.78 is 0. The lowest BCUT2D eigenvalue weighted by Gasteiger charge is -2.16. The number of aliphatic carboxylic acids is 1. The number of halogens is 1. The van der Waals surface area contributed by atoms with Gasteiger partial charge in [-0.15, -0.1) is 0 Å². The van der Waals surface area contributed by atoms with Crippen molar-refractivity contribution < 1.29 is 14.8 Å². The zero-order valence-corrected chi connectivity index (χ0v) is 11.7. The molecule has 1 saturated heterocycles. The largest absolute Gasteiger partial charge is 0.481 e. The fourth-order valence-electron chi connectivity index (χ4n) is 2.62. The second kappa shape index (κ2) is 5.76. The Kier molecular flexibility index (Phi) is 4.25. The summed E-state index contributed by atoms with van der Waals surface area (Å²) in [6.07, 6.45) is 0. The molecule has 20 heavy (non-hydrogen) atoms. The van der Waals surface area contributed by atoms with Gasteiger partial charge >= 0.3 is 5.97 Å². The summed E-state index contributed by atoms with van der Waals surface area (Å²) in [6.45, 7) is 3.15. The van der Waals surface area contributed by atoms with E-state index in [0.29, 0.717) is 30.2 Å². The topological polar surface area (TPSA) is 83.7 Å². The minimum absolute atomic E-state index is 0.0223. The van der Waals surface area contributed by atoms with E-state index in [-0.39, 0.29) is 11.6 Å². The van der Waals surface area contributed by atoms with Crippen LogP contribution in [0.25, 0.3) is 0 Å². The summed E-state index contributed by atoms with van der Waals surface area (Å²) in [5, 5.41) is 20.5. The lowest BCUT2D eigenvalue weighted by Crippen LogP contribution is -2.23. The van der Waals surface area contributed by atoms with Crippen LogP contribution in [0.4, 0.5) is 5.69 Å². The van der Waals surface area contributed by atoms with Crippen molar-refractivity contribution in [3.8, 4) is 0 Å². The third kappa shape index (κ3) is 2.91. The molecule has 1 heterocycles. The summed E-state index contributed by atoms with van der Waals surface area (Å²) in [5.74, 6) is -1.24. The van der Waals surface area contributed by atoms with Crippen LogP contribution in [0.2, 0.25) is 5.02 Å². The van der Waals surface area contributed by atoms with Crippen LogP contribution in [0.5, 0.6) is 0 Å². The van der Waals surface area contributed by atoms with E-state index in [1.165, 1.54) is 12.1 Å². The van der Waals surface area contributed by atoms with Crippen LogP contribution in [0, 0.1) is 22.0 Å². The molecule has 2 rings (SSSR count). The average molecular weight is 299 g/mol. The molecule has 1 fully saturated rings. The molecule has 0 bridgehead atoms. The van der Waals surface area contributed by atoms with Crippen LogP contribution < -0.4 is 0 Å². The number of rotatable bonds is 4. The fraction of sp³-hybridized carbons (Fsp3) is 0.462.